The van der Waals surface area contributed by atoms with E-state index >= 15 is 0 Å². The average molecular weight is 421 g/mol. The van der Waals surface area contributed by atoms with Crippen LogP contribution < -0.4 is 4.90 Å². The van der Waals surface area contributed by atoms with Gasteiger partial charge < -0.3 is 4.90 Å². The summed E-state index contributed by atoms with van der Waals surface area (Å²) in [6.07, 6.45) is 0. The highest BCUT2D eigenvalue weighted by molar-refractivity contribution is 8.13. The summed E-state index contributed by atoms with van der Waals surface area (Å²) in [4.78, 5) is 6.96. The molecule has 0 aromatic heterocycles. The van der Waals surface area contributed by atoms with Crippen LogP contribution in [0.15, 0.2) is 47.5 Å². The van der Waals surface area contributed by atoms with E-state index in [1.54, 1.807) is 11.8 Å². The van der Waals surface area contributed by atoms with Crippen LogP contribution in [0.5, 0.6) is 0 Å². The van der Waals surface area contributed by atoms with Gasteiger partial charge in [0.15, 0.2) is 15.0 Å². The molecule has 0 unspecified atom stereocenters. The van der Waals surface area contributed by atoms with Gasteiger partial charge in [-0.25, -0.2) is 8.42 Å². The summed E-state index contributed by atoms with van der Waals surface area (Å²) in [5, 5.41) is 1.63. The number of rotatable bonds is 3. The highest BCUT2D eigenvalue weighted by Crippen LogP contribution is 2.37. The van der Waals surface area contributed by atoms with Gasteiger partial charge in [0.05, 0.1) is 23.6 Å². The number of aliphatic imine (C=N–C) groups is 1. The second kappa shape index (κ2) is 7.15. The third kappa shape index (κ3) is 3.89. The molecule has 4 rings (SSSR count). The molecule has 0 saturated carbocycles. The van der Waals surface area contributed by atoms with Crippen LogP contribution in [-0.2, 0) is 15.6 Å². The van der Waals surface area contributed by atoms with Crippen LogP contribution in [0.3, 0.4) is 0 Å². The number of aryl methyl sites for hydroxylation is 2. The van der Waals surface area contributed by atoms with Crippen molar-refractivity contribution in [3.8, 4) is 0 Å². The number of halogens is 1. The number of sulfone groups is 1. The van der Waals surface area contributed by atoms with Crippen molar-refractivity contribution in [1.82, 2.24) is 0 Å². The van der Waals surface area contributed by atoms with E-state index in [1.165, 1.54) is 0 Å². The van der Waals surface area contributed by atoms with Crippen molar-refractivity contribution in [2.24, 2.45) is 4.99 Å². The minimum atomic E-state index is -3.04. The minimum absolute atomic E-state index is 0.108. The third-order valence-electron chi connectivity index (χ3n) is 5.01. The van der Waals surface area contributed by atoms with Gasteiger partial charge in [-0.05, 0) is 48.7 Å². The minimum Gasteiger partial charge on any atom is -0.315 e. The van der Waals surface area contributed by atoms with Gasteiger partial charge in [-0.1, -0.05) is 47.6 Å². The molecule has 0 N–H and O–H groups in total. The number of anilines is 1. The van der Waals surface area contributed by atoms with E-state index in [2.05, 4.69) is 36.9 Å². The fourth-order valence-corrected chi connectivity index (χ4v) is 6.66. The molecule has 2 heterocycles. The van der Waals surface area contributed by atoms with Crippen molar-refractivity contribution in [1.29, 1.82) is 0 Å². The van der Waals surface area contributed by atoms with E-state index in [0.717, 1.165) is 38.3 Å². The summed E-state index contributed by atoms with van der Waals surface area (Å²) < 4.78 is 24.4. The molecule has 4 nitrogen and oxygen atoms in total. The van der Waals surface area contributed by atoms with Gasteiger partial charge in [0.2, 0.25) is 0 Å². The zero-order chi connectivity index (χ0) is 19.2. The molecule has 0 amide bonds. The Bertz CT molecular complexity index is 1000. The number of fused-ring (bicyclic) bond motifs is 1. The van der Waals surface area contributed by atoms with Crippen molar-refractivity contribution in [3.63, 3.8) is 0 Å². The Labute approximate surface area is 169 Å². The Kier molecular flexibility index (Phi) is 4.99. The highest BCUT2D eigenvalue weighted by Gasteiger charge is 2.47. The summed E-state index contributed by atoms with van der Waals surface area (Å²) >= 11 is 7.63. The van der Waals surface area contributed by atoms with Crippen molar-refractivity contribution in [3.05, 3.63) is 64.2 Å². The van der Waals surface area contributed by atoms with Crippen LogP contribution in [0.4, 0.5) is 5.69 Å². The Morgan fingerprint density at radius 2 is 1.89 bits per heavy atom. The summed E-state index contributed by atoms with van der Waals surface area (Å²) in [6, 6.07) is 13.8. The first-order valence-electron chi connectivity index (χ1n) is 8.84. The smallest absolute Gasteiger partial charge is 0.164 e. The standard InChI is InChI=1S/C20H21ClN2O2S2/c1-13-3-4-14(2)18(9-13)23-19-12-27(24,25)11-17(19)22-20(23)26-10-15-5-7-16(21)8-6-15/h3-9,17,19H,10-12H2,1-2H3/t17-,19-/m0/s1. The maximum absolute atomic E-state index is 12.2. The van der Waals surface area contributed by atoms with Crippen LogP contribution in [0.25, 0.3) is 0 Å². The largest absolute Gasteiger partial charge is 0.315 e. The normalized spacial score (nSPS) is 23.4. The number of nitrogens with zero attached hydrogens (tertiary/aromatic N) is 2. The van der Waals surface area contributed by atoms with Gasteiger partial charge in [0.25, 0.3) is 0 Å². The monoisotopic (exact) mass is 420 g/mol. The third-order valence-corrected chi connectivity index (χ3v) is 8.00. The van der Waals surface area contributed by atoms with Gasteiger partial charge in [-0.15, -0.1) is 0 Å². The van der Waals surface area contributed by atoms with E-state index in [-0.39, 0.29) is 23.6 Å². The van der Waals surface area contributed by atoms with Crippen LogP contribution in [0.1, 0.15) is 16.7 Å². The highest BCUT2D eigenvalue weighted by atomic mass is 35.5. The van der Waals surface area contributed by atoms with Crippen molar-refractivity contribution in [2.75, 3.05) is 16.4 Å². The van der Waals surface area contributed by atoms with E-state index in [0.29, 0.717) is 0 Å². The van der Waals surface area contributed by atoms with E-state index < -0.39 is 9.84 Å². The first kappa shape index (κ1) is 18.8. The van der Waals surface area contributed by atoms with Crippen molar-refractivity contribution < 1.29 is 8.42 Å². The molecule has 7 heteroatoms. The molecule has 2 aliphatic rings. The zero-order valence-corrected chi connectivity index (χ0v) is 17.6. The molecule has 1 fully saturated rings. The van der Waals surface area contributed by atoms with Crippen LogP contribution in [-0.4, -0.2) is 37.2 Å². The molecular formula is C20H21ClN2O2S2. The quantitative estimate of drug-likeness (QED) is 0.745. The SMILES string of the molecule is Cc1ccc(C)c(N2C(SCc3ccc(Cl)cc3)=N[C@H]3CS(=O)(=O)C[C@@H]32)c1. The van der Waals surface area contributed by atoms with Gasteiger partial charge in [0.1, 0.15) is 0 Å². The first-order chi connectivity index (χ1) is 12.8. The predicted molar refractivity (Wildman–Crippen MR) is 115 cm³/mol. The number of hydrogen-bond acceptors (Lipinski definition) is 5. The van der Waals surface area contributed by atoms with Gasteiger partial charge in [-0.2, -0.15) is 0 Å². The lowest BCUT2D eigenvalue weighted by Crippen LogP contribution is -2.39. The number of amidine groups is 1. The van der Waals surface area contributed by atoms with Gasteiger partial charge in [0, 0.05) is 16.5 Å². The Hall–Kier alpha value is -1.50. The fraction of sp³-hybridized carbons (Fsp3) is 0.350. The second-order valence-corrected chi connectivity index (χ2v) is 10.7. The molecule has 0 bridgehead atoms. The molecule has 0 spiro atoms. The van der Waals surface area contributed by atoms with Crippen molar-refractivity contribution >= 4 is 44.1 Å². The van der Waals surface area contributed by atoms with Gasteiger partial charge in [-0.3, -0.25) is 4.99 Å². The van der Waals surface area contributed by atoms with Gasteiger partial charge >= 0.3 is 0 Å². The zero-order valence-electron chi connectivity index (χ0n) is 15.2. The molecule has 0 radical (unpaired) electrons. The van der Waals surface area contributed by atoms with Crippen LogP contribution >= 0.6 is 23.4 Å². The molecule has 2 aromatic rings. The lowest BCUT2D eigenvalue weighted by molar-refractivity contribution is 0.601. The summed E-state index contributed by atoms with van der Waals surface area (Å²) in [7, 11) is -3.04. The average Bonchev–Trinajstić information content (AvgIpc) is 3.08. The predicted octanol–water partition coefficient (Wildman–Crippen LogP) is 4.23. The Morgan fingerprint density at radius 1 is 1.15 bits per heavy atom. The van der Waals surface area contributed by atoms with E-state index in [9.17, 15) is 8.42 Å². The second-order valence-electron chi connectivity index (χ2n) is 7.20. The first-order valence-corrected chi connectivity index (χ1v) is 12.0. The maximum Gasteiger partial charge on any atom is 0.164 e. The molecule has 0 aliphatic carbocycles. The maximum atomic E-state index is 12.2. The lowest BCUT2D eigenvalue weighted by atomic mass is 10.1. The molecule has 2 aliphatic heterocycles. The Morgan fingerprint density at radius 3 is 2.63 bits per heavy atom. The number of benzene rings is 2. The summed E-state index contributed by atoms with van der Waals surface area (Å²) in [5.41, 5.74) is 4.51. The van der Waals surface area contributed by atoms with Crippen LogP contribution in [0, 0.1) is 13.8 Å². The summed E-state index contributed by atoms with van der Waals surface area (Å²) in [5.74, 6) is 1.08. The topological polar surface area (TPSA) is 49.7 Å². The fourth-order valence-electron chi connectivity index (χ4n) is 3.62. The van der Waals surface area contributed by atoms with E-state index in [4.69, 9.17) is 16.6 Å². The lowest BCUT2D eigenvalue weighted by Gasteiger charge is -2.28. The number of thioether (sulfide) groups is 1. The molecule has 2 atom stereocenters. The van der Waals surface area contributed by atoms with E-state index in [1.807, 2.05) is 24.3 Å². The number of hydrogen-bond donors (Lipinski definition) is 0. The Balaban J connectivity index is 1.65. The molecule has 2 aromatic carbocycles. The molecule has 27 heavy (non-hydrogen) atoms. The molecule has 1 saturated heterocycles. The molecule has 142 valence electrons. The van der Waals surface area contributed by atoms with Crippen LogP contribution in [0.2, 0.25) is 5.02 Å². The van der Waals surface area contributed by atoms with Crippen molar-refractivity contribution in [2.45, 2.75) is 31.7 Å². The molecular weight excluding hydrogens is 400 g/mol. The summed E-state index contributed by atoms with van der Waals surface area (Å²) in [6.45, 7) is 4.12.